The Balaban J connectivity index is 1.56. The van der Waals surface area contributed by atoms with E-state index in [-0.39, 0.29) is 12.1 Å². The molecule has 2 aliphatic heterocycles. The second-order valence-corrected chi connectivity index (χ2v) is 10.5. The number of halogens is 1. The molecule has 1 atom stereocenters. The number of carbonyl (C=O) groups excluding carboxylic acids is 1. The number of ether oxygens (including phenoxy) is 1. The molecule has 6 heteroatoms. The molecular weight excluding hydrogens is 410 g/mol. The average Bonchev–Trinajstić information content (AvgIpc) is 2.89. The summed E-state index contributed by atoms with van der Waals surface area (Å²) in [4.78, 5) is 14.5. The van der Waals surface area contributed by atoms with Crippen molar-refractivity contribution in [2.45, 2.75) is 89.8 Å². The maximum atomic E-state index is 12.7. The van der Waals surface area contributed by atoms with Crippen LogP contribution in [0.2, 0.25) is 5.02 Å². The highest BCUT2D eigenvalue weighted by Crippen LogP contribution is 2.42. The Morgan fingerprint density at radius 1 is 1.03 bits per heavy atom. The van der Waals surface area contributed by atoms with E-state index in [0.29, 0.717) is 19.1 Å². The van der Waals surface area contributed by atoms with Crippen LogP contribution in [0.5, 0.6) is 0 Å². The molecule has 0 aromatic heterocycles. The van der Waals surface area contributed by atoms with Crippen LogP contribution in [0.25, 0.3) is 0 Å². The highest BCUT2D eigenvalue weighted by atomic mass is 35.5. The molecule has 2 heterocycles. The van der Waals surface area contributed by atoms with Crippen LogP contribution < -0.4 is 5.43 Å². The second kappa shape index (κ2) is 9.41. The molecular formula is C25H36ClN3O2. The molecule has 1 amide bonds. The summed E-state index contributed by atoms with van der Waals surface area (Å²) in [5.74, 6) is 0. The van der Waals surface area contributed by atoms with Gasteiger partial charge in [0.2, 0.25) is 0 Å². The Morgan fingerprint density at radius 2 is 1.68 bits per heavy atom. The first-order valence-electron chi connectivity index (χ1n) is 11.8. The molecule has 170 valence electrons. The Bertz CT molecular complexity index is 807. The summed E-state index contributed by atoms with van der Waals surface area (Å²) in [6.45, 7) is 7.14. The number of nitrogens with one attached hydrogen (secondary N) is 1. The fraction of sp³-hybridized carbons (Fsp3) is 0.640. The molecule has 1 unspecified atom stereocenters. The van der Waals surface area contributed by atoms with Crippen molar-refractivity contribution in [1.82, 2.24) is 15.3 Å². The quantitative estimate of drug-likeness (QED) is 0.549. The van der Waals surface area contributed by atoms with Gasteiger partial charge in [-0.2, -0.15) is 0 Å². The minimum atomic E-state index is -0.472. The lowest BCUT2D eigenvalue weighted by molar-refractivity contribution is 0.0250. The minimum absolute atomic E-state index is 0.203. The van der Waals surface area contributed by atoms with Gasteiger partial charge >= 0.3 is 6.09 Å². The zero-order chi connectivity index (χ0) is 22.0. The van der Waals surface area contributed by atoms with Gasteiger partial charge < -0.3 is 15.1 Å². The lowest BCUT2D eigenvalue weighted by Gasteiger charge is -2.35. The maximum Gasteiger partial charge on any atom is 0.410 e. The number of rotatable bonds is 2. The molecule has 0 spiro atoms. The Morgan fingerprint density at radius 3 is 2.32 bits per heavy atom. The fourth-order valence-electron chi connectivity index (χ4n) is 5.10. The smallest absolute Gasteiger partial charge is 0.410 e. The number of hydrazine groups is 1. The second-order valence-electron chi connectivity index (χ2n) is 10.1. The third-order valence-corrected chi connectivity index (χ3v) is 6.85. The van der Waals surface area contributed by atoms with E-state index < -0.39 is 5.60 Å². The van der Waals surface area contributed by atoms with Gasteiger partial charge in [0, 0.05) is 36.3 Å². The first-order chi connectivity index (χ1) is 14.8. The predicted octanol–water partition coefficient (Wildman–Crippen LogP) is 6.21. The topological polar surface area (TPSA) is 44.8 Å². The molecule has 1 fully saturated rings. The van der Waals surface area contributed by atoms with Gasteiger partial charge in [0.25, 0.3) is 0 Å². The zero-order valence-electron chi connectivity index (χ0n) is 19.1. The van der Waals surface area contributed by atoms with Gasteiger partial charge in [-0.1, -0.05) is 49.4 Å². The summed E-state index contributed by atoms with van der Waals surface area (Å²) in [5.41, 5.74) is 7.31. The van der Waals surface area contributed by atoms with Crippen LogP contribution in [0.1, 0.15) is 83.7 Å². The van der Waals surface area contributed by atoms with Crippen LogP contribution in [0, 0.1) is 0 Å². The molecule has 0 radical (unpaired) electrons. The third-order valence-electron chi connectivity index (χ3n) is 6.60. The number of carbonyl (C=O) groups is 1. The molecule has 4 rings (SSSR count). The van der Waals surface area contributed by atoms with Crippen molar-refractivity contribution in [3.05, 3.63) is 46.1 Å². The van der Waals surface area contributed by atoms with E-state index in [9.17, 15) is 4.79 Å². The van der Waals surface area contributed by atoms with Gasteiger partial charge in [-0.25, -0.2) is 9.80 Å². The largest absolute Gasteiger partial charge is 0.444 e. The van der Waals surface area contributed by atoms with Crippen molar-refractivity contribution in [3.63, 3.8) is 0 Å². The molecule has 1 aliphatic carbocycles. The van der Waals surface area contributed by atoms with E-state index in [4.69, 9.17) is 16.3 Å². The maximum absolute atomic E-state index is 12.7. The number of hydrogen-bond acceptors (Lipinski definition) is 4. The SMILES string of the molecule is CC(C)(C)OC(=O)N1CCC2=C(CC1)C(c1ccc(Cl)cc1)N(C1CCCCCC1)N2. The first kappa shape index (κ1) is 22.5. The number of nitrogens with zero attached hydrogens (tertiary/aromatic N) is 2. The number of benzene rings is 1. The van der Waals surface area contributed by atoms with Crippen LogP contribution in [-0.4, -0.2) is 40.7 Å². The fourth-order valence-corrected chi connectivity index (χ4v) is 5.22. The van der Waals surface area contributed by atoms with Crippen LogP contribution in [0.15, 0.2) is 35.5 Å². The summed E-state index contributed by atoms with van der Waals surface area (Å²) >= 11 is 6.20. The third kappa shape index (κ3) is 5.38. The molecule has 0 bridgehead atoms. The van der Waals surface area contributed by atoms with E-state index >= 15 is 0 Å². The first-order valence-corrected chi connectivity index (χ1v) is 12.2. The van der Waals surface area contributed by atoms with Crippen LogP contribution in [0.4, 0.5) is 4.79 Å². The number of amides is 1. The normalized spacial score (nSPS) is 23.7. The van der Waals surface area contributed by atoms with Gasteiger partial charge in [-0.15, -0.1) is 0 Å². The summed E-state index contributed by atoms with van der Waals surface area (Å²) < 4.78 is 5.63. The van der Waals surface area contributed by atoms with Crippen molar-refractivity contribution < 1.29 is 9.53 Å². The lowest BCUT2D eigenvalue weighted by atomic mass is 9.93. The monoisotopic (exact) mass is 445 g/mol. The van der Waals surface area contributed by atoms with E-state index in [1.807, 2.05) is 37.8 Å². The van der Waals surface area contributed by atoms with Gasteiger partial charge in [0.1, 0.15) is 5.60 Å². The van der Waals surface area contributed by atoms with Gasteiger partial charge in [0.05, 0.1) is 6.04 Å². The lowest BCUT2D eigenvalue weighted by Crippen LogP contribution is -2.44. The molecule has 3 aliphatic rings. The Kier molecular flexibility index (Phi) is 6.83. The van der Waals surface area contributed by atoms with Crippen molar-refractivity contribution in [3.8, 4) is 0 Å². The zero-order valence-corrected chi connectivity index (χ0v) is 19.9. The summed E-state index contributed by atoms with van der Waals surface area (Å²) in [6, 6.07) is 9.04. The molecule has 31 heavy (non-hydrogen) atoms. The van der Waals surface area contributed by atoms with E-state index in [1.165, 1.54) is 55.4 Å². The highest BCUT2D eigenvalue weighted by molar-refractivity contribution is 6.30. The molecule has 0 saturated heterocycles. The predicted molar refractivity (Wildman–Crippen MR) is 125 cm³/mol. The van der Waals surface area contributed by atoms with Crippen molar-refractivity contribution >= 4 is 17.7 Å². The van der Waals surface area contributed by atoms with Crippen LogP contribution >= 0.6 is 11.6 Å². The molecule has 1 aromatic rings. The minimum Gasteiger partial charge on any atom is -0.444 e. The van der Waals surface area contributed by atoms with E-state index in [0.717, 1.165) is 17.9 Å². The van der Waals surface area contributed by atoms with Crippen LogP contribution in [-0.2, 0) is 4.74 Å². The van der Waals surface area contributed by atoms with Gasteiger partial charge in [0.15, 0.2) is 0 Å². The molecule has 5 nitrogen and oxygen atoms in total. The molecule has 1 aromatic carbocycles. The Labute approximate surface area is 191 Å². The van der Waals surface area contributed by atoms with Crippen molar-refractivity contribution in [2.75, 3.05) is 13.1 Å². The van der Waals surface area contributed by atoms with E-state index in [1.54, 1.807) is 0 Å². The van der Waals surface area contributed by atoms with Gasteiger partial charge in [-0.05, 0) is 63.3 Å². The molecule has 1 saturated carbocycles. The Hall–Kier alpha value is -1.72. The average molecular weight is 446 g/mol. The van der Waals surface area contributed by atoms with Gasteiger partial charge in [-0.3, -0.25) is 0 Å². The van der Waals surface area contributed by atoms with Crippen molar-refractivity contribution in [1.29, 1.82) is 0 Å². The summed E-state index contributed by atoms with van der Waals surface area (Å²) in [7, 11) is 0. The molecule has 1 N–H and O–H groups in total. The standard InChI is InChI=1S/C25H36ClN3O2/c1-25(2,3)31-24(30)28-16-14-21-22(15-17-28)27-29(20-8-6-4-5-7-9-20)23(21)18-10-12-19(26)13-11-18/h10-13,20,23,27H,4-9,14-17H2,1-3H3. The van der Waals surface area contributed by atoms with Crippen LogP contribution in [0.3, 0.4) is 0 Å². The summed E-state index contributed by atoms with van der Waals surface area (Å²) in [5, 5.41) is 3.28. The highest BCUT2D eigenvalue weighted by Gasteiger charge is 2.39. The van der Waals surface area contributed by atoms with Crippen molar-refractivity contribution in [2.24, 2.45) is 0 Å². The number of hydrogen-bond donors (Lipinski definition) is 1. The summed E-state index contributed by atoms with van der Waals surface area (Å²) in [6.07, 6.45) is 9.24. The van der Waals surface area contributed by atoms with E-state index in [2.05, 4.69) is 22.6 Å².